The number of aromatic nitrogens is 2. The first-order valence-corrected chi connectivity index (χ1v) is 7.23. The number of phenols is 1. The molecule has 0 fully saturated rings. The zero-order valence-electron chi connectivity index (χ0n) is 12.5. The van der Waals surface area contributed by atoms with Gasteiger partial charge < -0.3 is 9.63 Å². The summed E-state index contributed by atoms with van der Waals surface area (Å²) in [4.78, 5) is 14.2. The summed E-state index contributed by atoms with van der Waals surface area (Å²) in [6.45, 7) is 0. The number of aromatic hydroxyl groups is 1. The smallest absolute Gasteiger partial charge is 0.419 e. The molecular weight excluding hydrogens is 379 g/mol. The van der Waals surface area contributed by atoms with E-state index in [1.807, 2.05) is 0 Å². The van der Waals surface area contributed by atoms with E-state index < -0.39 is 22.4 Å². The van der Waals surface area contributed by atoms with E-state index in [1.165, 1.54) is 12.1 Å². The molecule has 0 atom stereocenters. The maximum atomic E-state index is 12.7. The molecule has 0 aliphatic rings. The molecule has 1 N–H and O–H groups in total. The normalized spacial score (nSPS) is 11.5. The molecule has 3 rings (SSSR count). The number of hydrogen-bond donors (Lipinski definition) is 1. The standard InChI is InChI=1S/C15H7ClF3N3O4/c16-11-4-2-8(22(24)25)6-9(11)14-20-13(21-26-14)7-1-3-10(12(23)5-7)15(17,18)19/h1-6,23H. The van der Waals surface area contributed by atoms with Crippen LogP contribution in [0.2, 0.25) is 5.02 Å². The number of non-ortho nitro benzene ring substituents is 1. The third kappa shape index (κ3) is 3.31. The Hall–Kier alpha value is -3.14. The van der Waals surface area contributed by atoms with E-state index in [0.717, 1.165) is 18.2 Å². The minimum atomic E-state index is -4.71. The second-order valence-corrected chi connectivity index (χ2v) is 5.48. The second-order valence-electron chi connectivity index (χ2n) is 5.07. The van der Waals surface area contributed by atoms with E-state index in [2.05, 4.69) is 10.1 Å². The van der Waals surface area contributed by atoms with Gasteiger partial charge in [-0.15, -0.1) is 0 Å². The van der Waals surface area contributed by atoms with Crippen LogP contribution in [-0.2, 0) is 6.18 Å². The van der Waals surface area contributed by atoms with E-state index >= 15 is 0 Å². The third-order valence-corrected chi connectivity index (χ3v) is 3.71. The average molecular weight is 386 g/mol. The Morgan fingerprint density at radius 3 is 2.54 bits per heavy atom. The van der Waals surface area contributed by atoms with Crippen molar-refractivity contribution >= 4 is 17.3 Å². The molecule has 0 saturated heterocycles. The van der Waals surface area contributed by atoms with Crippen molar-refractivity contribution in [3.63, 3.8) is 0 Å². The summed E-state index contributed by atoms with van der Waals surface area (Å²) < 4.78 is 43.0. The Morgan fingerprint density at radius 1 is 1.19 bits per heavy atom. The quantitative estimate of drug-likeness (QED) is 0.518. The van der Waals surface area contributed by atoms with Gasteiger partial charge in [-0.05, 0) is 18.2 Å². The fourth-order valence-electron chi connectivity index (χ4n) is 2.15. The molecule has 0 amide bonds. The van der Waals surface area contributed by atoms with Crippen molar-refractivity contribution in [3.05, 3.63) is 57.1 Å². The number of benzene rings is 2. The maximum Gasteiger partial charge on any atom is 0.419 e. The summed E-state index contributed by atoms with van der Waals surface area (Å²) in [7, 11) is 0. The Labute approximate surface area is 147 Å². The lowest BCUT2D eigenvalue weighted by molar-refractivity contribution is -0.384. The van der Waals surface area contributed by atoms with Crippen LogP contribution in [0.3, 0.4) is 0 Å². The first-order chi connectivity index (χ1) is 12.2. The first-order valence-electron chi connectivity index (χ1n) is 6.85. The summed E-state index contributed by atoms with van der Waals surface area (Å²) >= 11 is 5.97. The molecule has 0 spiro atoms. The predicted octanol–water partition coefficient (Wildman–Crippen LogP) is 4.69. The lowest BCUT2D eigenvalue weighted by atomic mass is 10.1. The number of hydrogen-bond acceptors (Lipinski definition) is 6. The number of nitro benzene ring substituents is 1. The highest BCUT2D eigenvalue weighted by Gasteiger charge is 2.34. The van der Waals surface area contributed by atoms with Crippen molar-refractivity contribution in [1.82, 2.24) is 10.1 Å². The van der Waals surface area contributed by atoms with Gasteiger partial charge >= 0.3 is 6.18 Å². The highest BCUT2D eigenvalue weighted by atomic mass is 35.5. The van der Waals surface area contributed by atoms with Crippen LogP contribution in [0.5, 0.6) is 5.75 Å². The highest BCUT2D eigenvalue weighted by Crippen LogP contribution is 2.38. The molecule has 0 unspecified atom stereocenters. The van der Waals surface area contributed by atoms with E-state index in [-0.39, 0.29) is 33.6 Å². The molecular formula is C15H7ClF3N3O4. The molecule has 134 valence electrons. The zero-order chi connectivity index (χ0) is 19.1. The van der Waals surface area contributed by atoms with Crippen LogP contribution in [0.15, 0.2) is 40.9 Å². The van der Waals surface area contributed by atoms with Gasteiger partial charge in [-0.2, -0.15) is 18.2 Å². The van der Waals surface area contributed by atoms with Crippen molar-refractivity contribution in [1.29, 1.82) is 0 Å². The lowest BCUT2D eigenvalue weighted by Gasteiger charge is -2.08. The zero-order valence-corrected chi connectivity index (χ0v) is 13.2. The third-order valence-electron chi connectivity index (χ3n) is 3.38. The Kier molecular flexibility index (Phi) is 4.28. The number of phenolic OH excluding ortho intramolecular Hbond substituents is 1. The number of rotatable bonds is 3. The Balaban J connectivity index is 2.00. The first kappa shape index (κ1) is 17.7. The van der Waals surface area contributed by atoms with Gasteiger partial charge in [-0.25, -0.2) is 0 Å². The van der Waals surface area contributed by atoms with Crippen molar-refractivity contribution in [3.8, 4) is 28.6 Å². The number of nitro groups is 1. The number of halogens is 4. The molecule has 7 nitrogen and oxygen atoms in total. The summed E-state index contributed by atoms with van der Waals surface area (Å²) in [6.07, 6.45) is -4.71. The molecule has 26 heavy (non-hydrogen) atoms. The summed E-state index contributed by atoms with van der Waals surface area (Å²) in [5.41, 5.74) is -1.30. The van der Waals surface area contributed by atoms with Crippen molar-refractivity contribution < 1.29 is 27.7 Å². The molecule has 3 aromatic rings. The second kappa shape index (κ2) is 6.30. The molecule has 0 radical (unpaired) electrons. The molecule has 0 aliphatic heterocycles. The number of nitrogens with zero attached hydrogens (tertiary/aromatic N) is 3. The van der Waals surface area contributed by atoms with E-state index in [0.29, 0.717) is 6.07 Å². The largest absolute Gasteiger partial charge is 0.507 e. The molecule has 2 aromatic carbocycles. The van der Waals surface area contributed by atoms with Crippen LogP contribution in [0.25, 0.3) is 22.8 Å². The SMILES string of the molecule is O=[N+]([O-])c1ccc(Cl)c(-c2nc(-c3ccc(C(F)(F)F)c(O)c3)no2)c1. The minimum Gasteiger partial charge on any atom is -0.507 e. The van der Waals surface area contributed by atoms with Crippen molar-refractivity contribution in [2.75, 3.05) is 0 Å². The number of alkyl halides is 3. The summed E-state index contributed by atoms with van der Waals surface area (Å²) in [5, 5.41) is 24.1. The van der Waals surface area contributed by atoms with Crippen LogP contribution in [-0.4, -0.2) is 20.2 Å². The van der Waals surface area contributed by atoms with Crippen LogP contribution >= 0.6 is 11.6 Å². The van der Waals surface area contributed by atoms with E-state index in [9.17, 15) is 28.4 Å². The molecule has 1 heterocycles. The molecule has 1 aromatic heterocycles. The molecule has 0 bridgehead atoms. The van der Waals surface area contributed by atoms with Crippen LogP contribution in [0, 0.1) is 10.1 Å². The molecule has 0 saturated carbocycles. The Morgan fingerprint density at radius 2 is 1.92 bits per heavy atom. The molecule has 11 heteroatoms. The maximum absolute atomic E-state index is 12.7. The fraction of sp³-hybridized carbons (Fsp3) is 0.0667. The van der Waals surface area contributed by atoms with Gasteiger partial charge in [0.1, 0.15) is 5.75 Å². The van der Waals surface area contributed by atoms with Gasteiger partial charge in [0, 0.05) is 17.7 Å². The summed E-state index contributed by atoms with van der Waals surface area (Å²) in [6, 6.07) is 6.18. The van der Waals surface area contributed by atoms with Gasteiger partial charge in [0.25, 0.3) is 11.6 Å². The Bertz CT molecular complexity index is 1000. The van der Waals surface area contributed by atoms with Crippen LogP contribution in [0.4, 0.5) is 18.9 Å². The van der Waals surface area contributed by atoms with Crippen LogP contribution < -0.4 is 0 Å². The van der Waals surface area contributed by atoms with Crippen LogP contribution in [0.1, 0.15) is 5.56 Å². The lowest BCUT2D eigenvalue weighted by Crippen LogP contribution is -2.05. The topological polar surface area (TPSA) is 102 Å². The van der Waals surface area contributed by atoms with Crippen molar-refractivity contribution in [2.45, 2.75) is 6.18 Å². The highest BCUT2D eigenvalue weighted by molar-refractivity contribution is 6.33. The summed E-state index contributed by atoms with van der Waals surface area (Å²) in [5.74, 6) is -1.27. The van der Waals surface area contributed by atoms with Gasteiger partial charge in [-0.1, -0.05) is 22.8 Å². The van der Waals surface area contributed by atoms with Gasteiger partial charge in [0.15, 0.2) is 0 Å². The van der Waals surface area contributed by atoms with Gasteiger partial charge in [-0.3, -0.25) is 10.1 Å². The minimum absolute atomic E-state index is 0.0621. The van der Waals surface area contributed by atoms with Gasteiger partial charge in [0.05, 0.1) is 21.1 Å². The predicted molar refractivity (Wildman–Crippen MR) is 83.5 cm³/mol. The van der Waals surface area contributed by atoms with Crippen molar-refractivity contribution in [2.24, 2.45) is 0 Å². The fourth-order valence-corrected chi connectivity index (χ4v) is 2.35. The van der Waals surface area contributed by atoms with Gasteiger partial charge in [0.2, 0.25) is 5.82 Å². The van der Waals surface area contributed by atoms with E-state index in [4.69, 9.17) is 16.1 Å². The monoisotopic (exact) mass is 385 g/mol. The molecule has 0 aliphatic carbocycles. The van der Waals surface area contributed by atoms with E-state index in [1.54, 1.807) is 0 Å². The average Bonchev–Trinajstić information content (AvgIpc) is 3.03.